The van der Waals surface area contributed by atoms with E-state index in [9.17, 15) is 4.79 Å². The van der Waals surface area contributed by atoms with Crippen LogP contribution in [0.1, 0.15) is 15.9 Å². The van der Waals surface area contributed by atoms with Crippen LogP contribution in [0.4, 0.5) is 0 Å². The summed E-state index contributed by atoms with van der Waals surface area (Å²) in [6.07, 6.45) is 7.85. The minimum absolute atomic E-state index is 0.0726. The quantitative estimate of drug-likeness (QED) is 0.454. The van der Waals surface area contributed by atoms with Crippen LogP contribution in [-0.4, -0.2) is 58.4 Å². The third-order valence-corrected chi connectivity index (χ3v) is 6.06. The van der Waals surface area contributed by atoms with Crippen LogP contribution < -0.4 is 0 Å². The molecule has 33 heavy (non-hydrogen) atoms. The lowest BCUT2D eigenvalue weighted by molar-refractivity contribution is 0.0652. The number of aromatic nitrogens is 2. The third kappa shape index (κ3) is 4.83. The molecule has 0 N–H and O–H groups in total. The van der Waals surface area contributed by atoms with Gasteiger partial charge in [0.25, 0.3) is 5.91 Å². The standard InChI is InChI=1S/C28H26N4O/c33-28(32-19-17-31(18-20-32)16-6-9-22-7-2-1-3-8-22)25-21-27(23-12-14-29-15-13-23)30-26-11-5-4-10-24(25)26/h1-15,21H,16-20H2. The first-order valence-corrected chi connectivity index (χ1v) is 11.3. The third-order valence-electron chi connectivity index (χ3n) is 6.06. The van der Waals surface area contributed by atoms with E-state index in [-0.39, 0.29) is 5.91 Å². The SMILES string of the molecule is O=C(c1cc(-c2ccncc2)nc2ccccc12)N1CCN(CC=Cc2ccccc2)CC1. The van der Waals surface area contributed by atoms with Crippen molar-refractivity contribution in [3.63, 3.8) is 0 Å². The van der Waals surface area contributed by atoms with Crippen LogP contribution in [0.3, 0.4) is 0 Å². The molecule has 164 valence electrons. The van der Waals surface area contributed by atoms with E-state index in [2.05, 4.69) is 34.2 Å². The van der Waals surface area contributed by atoms with Gasteiger partial charge in [-0.25, -0.2) is 4.98 Å². The van der Waals surface area contributed by atoms with Crippen molar-refractivity contribution in [2.45, 2.75) is 0 Å². The van der Waals surface area contributed by atoms with Crippen molar-refractivity contribution in [3.8, 4) is 11.3 Å². The van der Waals surface area contributed by atoms with Crippen molar-refractivity contribution < 1.29 is 4.79 Å². The number of hydrogen-bond acceptors (Lipinski definition) is 4. The van der Waals surface area contributed by atoms with E-state index in [1.54, 1.807) is 12.4 Å². The summed E-state index contributed by atoms with van der Waals surface area (Å²) in [7, 11) is 0. The van der Waals surface area contributed by atoms with Gasteiger partial charge in [0.2, 0.25) is 0 Å². The predicted molar refractivity (Wildman–Crippen MR) is 133 cm³/mol. The van der Waals surface area contributed by atoms with Crippen LogP contribution in [-0.2, 0) is 0 Å². The summed E-state index contributed by atoms with van der Waals surface area (Å²) < 4.78 is 0. The summed E-state index contributed by atoms with van der Waals surface area (Å²) in [6.45, 7) is 4.07. The molecule has 4 aromatic rings. The predicted octanol–water partition coefficient (Wildman–Crippen LogP) is 4.77. The van der Waals surface area contributed by atoms with Gasteiger partial charge in [0.05, 0.1) is 16.8 Å². The van der Waals surface area contributed by atoms with Crippen molar-refractivity contribution in [3.05, 3.63) is 102 Å². The van der Waals surface area contributed by atoms with E-state index in [1.165, 1.54) is 5.56 Å². The molecule has 5 nitrogen and oxygen atoms in total. The lowest BCUT2D eigenvalue weighted by atomic mass is 10.0. The smallest absolute Gasteiger partial charge is 0.254 e. The van der Waals surface area contributed by atoms with Crippen LogP contribution in [0.15, 0.2) is 91.3 Å². The highest BCUT2D eigenvalue weighted by molar-refractivity contribution is 6.07. The van der Waals surface area contributed by atoms with Crippen molar-refractivity contribution in [1.29, 1.82) is 0 Å². The second kappa shape index (κ2) is 9.76. The Labute approximate surface area is 194 Å². The molecule has 1 fully saturated rings. The minimum Gasteiger partial charge on any atom is -0.336 e. The number of rotatable bonds is 5. The zero-order valence-corrected chi connectivity index (χ0v) is 18.5. The Morgan fingerprint density at radius 3 is 2.39 bits per heavy atom. The summed E-state index contributed by atoms with van der Waals surface area (Å²) in [5.74, 6) is 0.0726. The van der Waals surface area contributed by atoms with Gasteiger partial charge in [-0.1, -0.05) is 60.7 Å². The highest BCUT2D eigenvalue weighted by Crippen LogP contribution is 2.26. The Bertz CT molecular complexity index is 1260. The molecular formula is C28H26N4O. The Balaban J connectivity index is 1.31. The first-order valence-electron chi connectivity index (χ1n) is 11.3. The fourth-order valence-corrected chi connectivity index (χ4v) is 4.23. The van der Waals surface area contributed by atoms with E-state index in [4.69, 9.17) is 4.98 Å². The van der Waals surface area contributed by atoms with Gasteiger partial charge in [-0.3, -0.25) is 14.7 Å². The van der Waals surface area contributed by atoms with Crippen LogP contribution >= 0.6 is 0 Å². The number of pyridine rings is 2. The Morgan fingerprint density at radius 2 is 1.61 bits per heavy atom. The highest BCUT2D eigenvalue weighted by atomic mass is 16.2. The van der Waals surface area contributed by atoms with E-state index >= 15 is 0 Å². The van der Waals surface area contributed by atoms with Gasteiger partial charge < -0.3 is 4.90 Å². The van der Waals surface area contributed by atoms with Gasteiger partial charge in [0.1, 0.15) is 0 Å². The lowest BCUT2D eigenvalue weighted by Crippen LogP contribution is -2.48. The number of nitrogens with zero attached hydrogens (tertiary/aromatic N) is 4. The molecular weight excluding hydrogens is 408 g/mol. The molecule has 2 aromatic heterocycles. The van der Waals surface area contributed by atoms with E-state index in [1.807, 2.05) is 65.6 Å². The molecule has 5 rings (SSSR count). The molecule has 1 aliphatic rings. The molecule has 3 heterocycles. The number of benzene rings is 2. The summed E-state index contributed by atoms with van der Waals surface area (Å²) in [4.78, 5) is 26.8. The summed E-state index contributed by atoms with van der Waals surface area (Å²) >= 11 is 0. The molecule has 0 unspecified atom stereocenters. The summed E-state index contributed by atoms with van der Waals surface area (Å²) in [5, 5.41) is 0.897. The van der Waals surface area contributed by atoms with E-state index in [0.717, 1.165) is 54.9 Å². The zero-order valence-electron chi connectivity index (χ0n) is 18.5. The molecule has 0 aliphatic carbocycles. The Hall–Kier alpha value is -3.83. The number of para-hydroxylation sites is 1. The second-order valence-electron chi connectivity index (χ2n) is 8.21. The highest BCUT2D eigenvalue weighted by Gasteiger charge is 2.24. The van der Waals surface area contributed by atoms with Crippen molar-refractivity contribution >= 4 is 22.9 Å². The first kappa shape index (κ1) is 21.0. The van der Waals surface area contributed by atoms with Crippen molar-refractivity contribution in [2.24, 2.45) is 0 Å². The molecule has 1 amide bonds. The summed E-state index contributed by atoms with van der Waals surface area (Å²) in [6, 6.07) is 24.0. The molecule has 0 radical (unpaired) electrons. The number of hydrogen-bond donors (Lipinski definition) is 0. The molecule has 1 aliphatic heterocycles. The zero-order chi connectivity index (χ0) is 22.5. The number of carbonyl (C=O) groups is 1. The fraction of sp³-hybridized carbons (Fsp3) is 0.179. The first-order chi connectivity index (χ1) is 16.3. The van der Waals surface area contributed by atoms with Crippen LogP contribution in [0.5, 0.6) is 0 Å². The average molecular weight is 435 g/mol. The van der Waals surface area contributed by atoms with Crippen LogP contribution in [0, 0.1) is 0 Å². The van der Waals surface area contributed by atoms with Gasteiger partial charge in [-0.05, 0) is 29.8 Å². The Morgan fingerprint density at radius 1 is 0.879 bits per heavy atom. The van der Waals surface area contributed by atoms with Gasteiger partial charge in [-0.15, -0.1) is 0 Å². The molecule has 0 atom stereocenters. The maximum absolute atomic E-state index is 13.6. The van der Waals surface area contributed by atoms with Gasteiger partial charge in [0, 0.05) is 56.1 Å². The largest absolute Gasteiger partial charge is 0.336 e. The molecule has 5 heteroatoms. The van der Waals surface area contributed by atoms with Crippen LogP contribution in [0.2, 0.25) is 0 Å². The van der Waals surface area contributed by atoms with E-state index in [0.29, 0.717) is 5.56 Å². The maximum atomic E-state index is 13.6. The van der Waals surface area contributed by atoms with Gasteiger partial charge in [0.15, 0.2) is 0 Å². The van der Waals surface area contributed by atoms with Crippen LogP contribution in [0.25, 0.3) is 28.2 Å². The van der Waals surface area contributed by atoms with Gasteiger partial charge >= 0.3 is 0 Å². The second-order valence-corrected chi connectivity index (χ2v) is 8.21. The number of fused-ring (bicyclic) bond motifs is 1. The van der Waals surface area contributed by atoms with Crippen molar-refractivity contribution in [2.75, 3.05) is 32.7 Å². The number of piperazine rings is 1. The molecule has 1 saturated heterocycles. The van der Waals surface area contributed by atoms with Crippen molar-refractivity contribution in [1.82, 2.24) is 19.8 Å². The molecule has 0 saturated carbocycles. The summed E-state index contributed by atoms with van der Waals surface area (Å²) in [5.41, 5.74) is 4.51. The molecule has 0 spiro atoms. The van der Waals surface area contributed by atoms with Gasteiger partial charge in [-0.2, -0.15) is 0 Å². The monoisotopic (exact) mass is 434 g/mol. The number of amides is 1. The molecule has 0 bridgehead atoms. The topological polar surface area (TPSA) is 49.3 Å². The average Bonchev–Trinajstić information content (AvgIpc) is 2.89. The normalized spacial score (nSPS) is 14.7. The molecule has 2 aromatic carbocycles. The Kier molecular flexibility index (Phi) is 6.22. The minimum atomic E-state index is 0.0726. The fourth-order valence-electron chi connectivity index (χ4n) is 4.23. The lowest BCUT2D eigenvalue weighted by Gasteiger charge is -2.34. The maximum Gasteiger partial charge on any atom is 0.254 e. The van der Waals surface area contributed by atoms with E-state index < -0.39 is 0 Å². The number of carbonyl (C=O) groups excluding carboxylic acids is 1.